The third-order valence-corrected chi connectivity index (χ3v) is 6.58. The Kier molecular flexibility index (Phi) is 5.04. The van der Waals surface area contributed by atoms with Crippen LogP contribution in [0.4, 0.5) is 13.2 Å². The number of nitrogens with zero attached hydrogens (tertiary/aromatic N) is 2. The summed E-state index contributed by atoms with van der Waals surface area (Å²) in [5, 5.41) is 5.69. The van der Waals surface area contributed by atoms with E-state index in [-0.39, 0.29) is 23.1 Å². The molecule has 29 heavy (non-hydrogen) atoms. The van der Waals surface area contributed by atoms with E-state index in [9.17, 15) is 18.0 Å². The fourth-order valence-electron chi connectivity index (χ4n) is 3.79. The molecule has 0 saturated carbocycles. The summed E-state index contributed by atoms with van der Waals surface area (Å²) in [6, 6.07) is 7.09. The number of amides is 1. The van der Waals surface area contributed by atoms with Gasteiger partial charge in [-0.05, 0) is 49.4 Å². The quantitative estimate of drug-likeness (QED) is 0.823. The van der Waals surface area contributed by atoms with E-state index in [0.717, 1.165) is 30.0 Å². The van der Waals surface area contributed by atoms with E-state index >= 15 is 0 Å². The first kappa shape index (κ1) is 19.8. The zero-order valence-electron chi connectivity index (χ0n) is 15.5. The highest BCUT2D eigenvalue weighted by Gasteiger charge is 2.56. The monoisotopic (exact) mass is 421 g/mol. The average Bonchev–Trinajstić information content (AvgIpc) is 3.08. The van der Waals surface area contributed by atoms with Crippen molar-refractivity contribution in [1.82, 2.24) is 5.01 Å². The molecule has 1 amide bonds. The molecular formula is C20H18F3N3O2S. The molecule has 2 aliphatic rings. The standard InChI is InChI=1S/C20H18F3N3O2S/c1-11(27)26-20(29-19(25-26)15-8-13(21)2-4-17(15)23)12(6-7-24)10-28-18-5-3-14(22)9-16(18)20/h2-5,8-9,12H,6-7,10,24H2,1H3/t12-,20-/m1/s1. The van der Waals surface area contributed by atoms with E-state index in [1.165, 1.54) is 30.1 Å². The van der Waals surface area contributed by atoms with E-state index in [1.807, 2.05) is 0 Å². The number of thioether (sulfide) groups is 1. The molecule has 2 heterocycles. The Hall–Kier alpha value is -2.52. The normalized spacial score (nSPS) is 23.0. The molecule has 0 bridgehead atoms. The Morgan fingerprint density at radius 1 is 1.28 bits per heavy atom. The maximum Gasteiger partial charge on any atom is 0.241 e. The number of carbonyl (C=O) groups is 1. The summed E-state index contributed by atoms with van der Waals surface area (Å²) in [4.78, 5) is 11.4. The SMILES string of the molecule is CC(=O)N1N=C(c2cc(F)ccc2F)S[C@]12c1cc(F)ccc1OC[C@H]2CCN. The van der Waals surface area contributed by atoms with Crippen LogP contribution in [0.2, 0.25) is 0 Å². The van der Waals surface area contributed by atoms with Gasteiger partial charge in [-0.3, -0.25) is 4.79 Å². The van der Waals surface area contributed by atoms with Crippen LogP contribution >= 0.6 is 11.8 Å². The van der Waals surface area contributed by atoms with Gasteiger partial charge in [0.1, 0.15) is 28.2 Å². The smallest absolute Gasteiger partial charge is 0.241 e. The minimum Gasteiger partial charge on any atom is -0.493 e. The van der Waals surface area contributed by atoms with Crippen molar-refractivity contribution in [3.05, 3.63) is 65.0 Å². The lowest BCUT2D eigenvalue weighted by molar-refractivity contribution is -0.134. The molecule has 1 spiro atoms. The van der Waals surface area contributed by atoms with E-state index in [1.54, 1.807) is 0 Å². The molecule has 2 aliphatic heterocycles. The lowest BCUT2D eigenvalue weighted by Gasteiger charge is -2.45. The third kappa shape index (κ3) is 3.18. The van der Waals surface area contributed by atoms with Gasteiger partial charge in [0.25, 0.3) is 0 Å². The highest BCUT2D eigenvalue weighted by atomic mass is 32.2. The lowest BCUT2D eigenvalue weighted by Crippen LogP contribution is -2.51. The Bertz CT molecular complexity index is 1020. The van der Waals surface area contributed by atoms with Crippen molar-refractivity contribution in [2.75, 3.05) is 13.2 Å². The molecule has 9 heteroatoms. The van der Waals surface area contributed by atoms with Crippen molar-refractivity contribution in [2.45, 2.75) is 18.2 Å². The van der Waals surface area contributed by atoms with Gasteiger partial charge in [-0.15, -0.1) is 0 Å². The molecule has 0 aliphatic carbocycles. The minimum absolute atomic E-state index is 0.0610. The number of hydrazone groups is 1. The van der Waals surface area contributed by atoms with Gasteiger partial charge in [-0.1, -0.05) is 11.8 Å². The molecule has 0 aromatic heterocycles. The van der Waals surface area contributed by atoms with Gasteiger partial charge in [0.05, 0.1) is 6.61 Å². The largest absolute Gasteiger partial charge is 0.493 e. The molecule has 2 N–H and O–H groups in total. The van der Waals surface area contributed by atoms with E-state index in [2.05, 4.69) is 5.10 Å². The summed E-state index contributed by atoms with van der Waals surface area (Å²) in [6.45, 7) is 1.85. The number of halogens is 3. The Balaban J connectivity index is 1.91. The topological polar surface area (TPSA) is 67.9 Å². The van der Waals surface area contributed by atoms with Crippen LogP contribution < -0.4 is 10.5 Å². The molecular weight excluding hydrogens is 403 g/mol. The van der Waals surface area contributed by atoms with Gasteiger partial charge < -0.3 is 10.5 Å². The Labute approximate surface area is 169 Å². The summed E-state index contributed by atoms with van der Waals surface area (Å²) in [5.74, 6) is -2.14. The van der Waals surface area contributed by atoms with Crippen molar-refractivity contribution >= 4 is 22.7 Å². The molecule has 4 rings (SSSR count). The molecule has 152 valence electrons. The van der Waals surface area contributed by atoms with Crippen molar-refractivity contribution in [3.8, 4) is 5.75 Å². The van der Waals surface area contributed by atoms with Gasteiger partial charge in [0.2, 0.25) is 5.91 Å². The first-order valence-electron chi connectivity index (χ1n) is 9.03. The fraction of sp³-hybridized carbons (Fsp3) is 0.300. The zero-order chi connectivity index (χ0) is 20.8. The molecule has 0 saturated heterocycles. The first-order valence-corrected chi connectivity index (χ1v) is 9.85. The molecule has 2 atom stereocenters. The molecule has 5 nitrogen and oxygen atoms in total. The predicted molar refractivity (Wildman–Crippen MR) is 104 cm³/mol. The number of benzene rings is 2. The summed E-state index contributed by atoms with van der Waals surface area (Å²) >= 11 is 1.09. The van der Waals surface area contributed by atoms with Crippen LogP contribution in [0.1, 0.15) is 24.5 Å². The number of hydrogen-bond acceptors (Lipinski definition) is 5. The van der Waals surface area contributed by atoms with Crippen molar-refractivity contribution in [3.63, 3.8) is 0 Å². The van der Waals surface area contributed by atoms with Crippen LogP contribution in [0.25, 0.3) is 0 Å². The van der Waals surface area contributed by atoms with Crippen LogP contribution in [-0.4, -0.2) is 29.1 Å². The minimum atomic E-state index is -1.17. The van der Waals surface area contributed by atoms with Crippen LogP contribution in [0.15, 0.2) is 41.5 Å². The highest BCUT2D eigenvalue weighted by molar-refractivity contribution is 8.15. The predicted octanol–water partition coefficient (Wildman–Crippen LogP) is 3.57. The number of ether oxygens (including phenoxy) is 1. The second-order valence-corrected chi connectivity index (χ2v) is 8.10. The number of fused-ring (bicyclic) bond motifs is 2. The van der Waals surface area contributed by atoms with Gasteiger partial charge in [0, 0.05) is 24.0 Å². The zero-order valence-corrected chi connectivity index (χ0v) is 16.3. The number of carbonyl (C=O) groups excluding carboxylic acids is 1. The van der Waals surface area contributed by atoms with Gasteiger partial charge in [-0.25, -0.2) is 18.2 Å². The van der Waals surface area contributed by atoms with Gasteiger partial charge in [-0.2, -0.15) is 5.10 Å². The maximum atomic E-state index is 14.4. The van der Waals surface area contributed by atoms with E-state index in [4.69, 9.17) is 10.5 Å². The summed E-state index contributed by atoms with van der Waals surface area (Å²) in [7, 11) is 0. The number of nitrogens with two attached hydrogens (primary N) is 1. The van der Waals surface area contributed by atoms with Crippen LogP contribution in [0, 0.1) is 23.4 Å². The summed E-state index contributed by atoms with van der Waals surface area (Å²) in [5.41, 5.74) is 6.14. The molecule has 2 aromatic carbocycles. The van der Waals surface area contributed by atoms with Crippen LogP contribution in [-0.2, 0) is 9.67 Å². The Morgan fingerprint density at radius 3 is 2.72 bits per heavy atom. The molecule has 0 fully saturated rings. The molecule has 2 aromatic rings. The second-order valence-electron chi connectivity index (χ2n) is 6.88. The van der Waals surface area contributed by atoms with Crippen molar-refractivity contribution < 1.29 is 22.7 Å². The molecule has 0 unspecified atom stereocenters. The van der Waals surface area contributed by atoms with Gasteiger partial charge >= 0.3 is 0 Å². The number of rotatable bonds is 3. The van der Waals surface area contributed by atoms with Crippen molar-refractivity contribution in [2.24, 2.45) is 16.8 Å². The average molecular weight is 421 g/mol. The van der Waals surface area contributed by atoms with Crippen LogP contribution in [0.5, 0.6) is 5.75 Å². The lowest BCUT2D eigenvalue weighted by atomic mass is 9.86. The molecule has 0 radical (unpaired) electrons. The fourth-order valence-corrected chi connectivity index (χ4v) is 5.35. The summed E-state index contributed by atoms with van der Waals surface area (Å²) in [6.07, 6.45) is 0.459. The van der Waals surface area contributed by atoms with Crippen LogP contribution in [0.3, 0.4) is 0 Å². The van der Waals surface area contributed by atoms with E-state index in [0.29, 0.717) is 24.3 Å². The second kappa shape index (κ2) is 7.38. The third-order valence-electron chi connectivity index (χ3n) is 5.05. The first-order chi connectivity index (χ1) is 13.9. The summed E-state index contributed by atoms with van der Waals surface area (Å²) < 4.78 is 48.2. The number of hydrogen-bond donors (Lipinski definition) is 1. The maximum absolute atomic E-state index is 14.4. The van der Waals surface area contributed by atoms with Gasteiger partial charge in [0.15, 0.2) is 4.87 Å². The highest BCUT2D eigenvalue weighted by Crippen LogP contribution is 2.57. The van der Waals surface area contributed by atoms with E-state index < -0.39 is 28.2 Å². The van der Waals surface area contributed by atoms with Crippen molar-refractivity contribution in [1.29, 1.82) is 0 Å². The Morgan fingerprint density at radius 2 is 2.00 bits per heavy atom.